The van der Waals surface area contributed by atoms with E-state index in [1.165, 1.54) is 25.0 Å². The van der Waals surface area contributed by atoms with Crippen LogP contribution in [0.1, 0.15) is 18.5 Å². The van der Waals surface area contributed by atoms with E-state index in [-0.39, 0.29) is 5.82 Å². The smallest absolute Gasteiger partial charge is 0.229 e. The van der Waals surface area contributed by atoms with E-state index in [1.807, 2.05) is 13.0 Å². The number of halogens is 1. The van der Waals surface area contributed by atoms with Crippen LogP contribution in [0.2, 0.25) is 0 Å². The van der Waals surface area contributed by atoms with E-state index < -0.39 is 0 Å². The lowest BCUT2D eigenvalue weighted by Gasteiger charge is -2.16. The summed E-state index contributed by atoms with van der Waals surface area (Å²) in [6.07, 6.45) is 2.34. The molecular weight excluding hydrogens is 293 g/mol. The molecule has 6 heteroatoms. The van der Waals surface area contributed by atoms with Gasteiger partial charge in [-0.1, -0.05) is 0 Å². The minimum absolute atomic E-state index is 0.251. The van der Waals surface area contributed by atoms with E-state index in [4.69, 9.17) is 4.98 Å². The second-order valence-corrected chi connectivity index (χ2v) is 5.91. The summed E-state index contributed by atoms with van der Waals surface area (Å²) in [6, 6.07) is 8.31. The highest BCUT2D eigenvalue weighted by atomic mass is 19.1. The van der Waals surface area contributed by atoms with Crippen LogP contribution in [0.15, 0.2) is 30.3 Å². The van der Waals surface area contributed by atoms with Gasteiger partial charge in [0.1, 0.15) is 17.3 Å². The lowest BCUT2D eigenvalue weighted by molar-refractivity contribution is 0.628. The number of rotatable bonds is 3. The van der Waals surface area contributed by atoms with Crippen molar-refractivity contribution in [3.05, 3.63) is 41.8 Å². The molecule has 1 fully saturated rings. The van der Waals surface area contributed by atoms with E-state index in [2.05, 4.69) is 20.2 Å². The summed E-state index contributed by atoms with van der Waals surface area (Å²) in [7, 11) is 0. The number of nitrogens with one attached hydrogen (secondary N) is 2. The SMILES string of the molecule is Cc1cc2c(Nc3ccc(F)cc3)nc(N3CCCC3)nc2[nH]1. The van der Waals surface area contributed by atoms with Crippen LogP contribution in [-0.2, 0) is 0 Å². The third-order valence-corrected chi connectivity index (χ3v) is 4.11. The molecule has 0 aliphatic carbocycles. The van der Waals surface area contributed by atoms with E-state index in [0.717, 1.165) is 47.3 Å². The quantitative estimate of drug-likeness (QED) is 0.773. The molecule has 5 nitrogen and oxygen atoms in total. The van der Waals surface area contributed by atoms with E-state index in [0.29, 0.717) is 0 Å². The van der Waals surface area contributed by atoms with Crippen molar-refractivity contribution in [2.24, 2.45) is 0 Å². The molecule has 1 aliphatic heterocycles. The van der Waals surface area contributed by atoms with Gasteiger partial charge in [-0.3, -0.25) is 0 Å². The Labute approximate surface area is 133 Å². The number of fused-ring (bicyclic) bond motifs is 1. The molecule has 3 aromatic rings. The van der Waals surface area contributed by atoms with E-state index in [9.17, 15) is 4.39 Å². The number of aryl methyl sites for hydroxylation is 1. The van der Waals surface area contributed by atoms with Crippen LogP contribution in [0.5, 0.6) is 0 Å². The molecule has 0 amide bonds. The first-order valence-electron chi connectivity index (χ1n) is 7.84. The van der Waals surface area contributed by atoms with Crippen molar-refractivity contribution in [2.45, 2.75) is 19.8 Å². The van der Waals surface area contributed by atoms with Gasteiger partial charge in [-0.25, -0.2) is 4.39 Å². The molecular formula is C17H18FN5. The zero-order chi connectivity index (χ0) is 15.8. The van der Waals surface area contributed by atoms with Crippen molar-refractivity contribution >= 4 is 28.5 Å². The molecule has 2 N–H and O–H groups in total. The molecule has 4 rings (SSSR count). The van der Waals surface area contributed by atoms with Gasteiger partial charge in [0, 0.05) is 24.5 Å². The highest BCUT2D eigenvalue weighted by Gasteiger charge is 2.18. The maximum atomic E-state index is 13.1. The number of anilines is 3. The Morgan fingerprint density at radius 1 is 1.13 bits per heavy atom. The minimum Gasteiger partial charge on any atom is -0.343 e. The molecule has 2 aromatic heterocycles. The van der Waals surface area contributed by atoms with Gasteiger partial charge in [0.25, 0.3) is 0 Å². The molecule has 0 radical (unpaired) electrons. The zero-order valence-electron chi connectivity index (χ0n) is 12.9. The summed E-state index contributed by atoms with van der Waals surface area (Å²) in [5, 5.41) is 4.23. The first-order chi connectivity index (χ1) is 11.2. The molecule has 1 saturated heterocycles. The maximum Gasteiger partial charge on any atom is 0.229 e. The molecule has 1 aromatic carbocycles. The normalized spacial score (nSPS) is 14.6. The van der Waals surface area contributed by atoms with Crippen molar-refractivity contribution < 1.29 is 4.39 Å². The number of hydrogen-bond acceptors (Lipinski definition) is 4. The van der Waals surface area contributed by atoms with Gasteiger partial charge in [0.05, 0.1) is 5.39 Å². The van der Waals surface area contributed by atoms with Gasteiger partial charge >= 0.3 is 0 Å². The summed E-state index contributed by atoms with van der Waals surface area (Å²) in [6.45, 7) is 3.97. The van der Waals surface area contributed by atoms with E-state index >= 15 is 0 Å². The number of aromatic amines is 1. The first kappa shape index (κ1) is 14.0. The van der Waals surface area contributed by atoms with Crippen molar-refractivity contribution in [3.63, 3.8) is 0 Å². The van der Waals surface area contributed by atoms with E-state index in [1.54, 1.807) is 12.1 Å². The van der Waals surface area contributed by atoms with Crippen LogP contribution in [0, 0.1) is 12.7 Å². The molecule has 1 aliphatic rings. The third kappa shape index (κ3) is 2.72. The highest BCUT2D eigenvalue weighted by Crippen LogP contribution is 2.28. The Morgan fingerprint density at radius 3 is 2.61 bits per heavy atom. The fourth-order valence-electron chi connectivity index (χ4n) is 2.95. The Bertz CT molecular complexity index is 834. The van der Waals surface area contributed by atoms with Crippen LogP contribution in [0.4, 0.5) is 21.8 Å². The molecule has 0 atom stereocenters. The van der Waals surface area contributed by atoms with Gasteiger partial charge in [0.2, 0.25) is 5.95 Å². The maximum absolute atomic E-state index is 13.1. The van der Waals surface area contributed by atoms with Gasteiger partial charge in [-0.15, -0.1) is 0 Å². The molecule has 0 bridgehead atoms. The molecule has 3 heterocycles. The monoisotopic (exact) mass is 311 g/mol. The Hall–Kier alpha value is -2.63. The van der Waals surface area contributed by atoms with Gasteiger partial charge in [0.15, 0.2) is 0 Å². The standard InChI is InChI=1S/C17H18FN5/c1-11-10-14-15(19-11)21-17(23-8-2-3-9-23)22-16(14)20-13-6-4-12(18)5-7-13/h4-7,10H,2-3,8-9H2,1H3,(H2,19,20,21,22). The fourth-order valence-corrected chi connectivity index (χ4v) is 2.95. The van der Waals surface area contributed by atoms with Gasteiger partial charge in [-0.2, -0.15) is 9.97 Å². The largest absolute Gasteiger partial charge is 0.343 e. The lowest BCUT2D eigenvalue weighted by atomic mass is 10.3. The topological polar surface area (TPSA) is 56.8 Å². The average Bonchev–Trinajstić information content (AvgIpc) is 3.18. The second kappa shape index (κ2) is 5.53. The summed E-state index contributed by atoms with van der Waals surface area (Å²) in [5.41, 5.74) is 2.66. The highest BCUT2D eigenvalue weighted by molar-refractivity contribution is 5.90. The van der Waals surface area contributed by atoms with Gasteiger partial charge < -0.3 is 15.2 Å². The first-order valence-corrected chi connectivity index (χ1v) is 7.84. The van der Waals surface area contributed by atoms with Crippen molar-refractivity contribution in [3.8, 4) is 0 Å². The number of benzene rings is 1. The molecule has 118 valence electrons. The number of hydrogen-bond donors (Lipinski definition) is 2. The molecule has 0 spiro atoms. The fraction of sp³-hybridized carbons (Fsp3) is 0.294. The number of nitrogens with zero attached hydrogens (tertiary/aromatic N) is 3. The van der Waals surface area contributed by atoms with Crippen molar-refractivity contribution in [2.75, 3.05) is 23.3 Å². The Kier molecular flexibility index (Phi) is 3.37. The Balaban J connectivity index is 1.77. The van der Waals surface area contributed by atoms with Crippen molar-refractivity contribution in [1.29, 1.82) is 0 Å². The second-order valence-electron chi connectivity index (χ2n) is 5.91. The van der Waals surface area contributed by atoms with Gasteiger partial charge in [-0.05, 0) is 50.1 Å². The average molecular weight is 311 g/mol. The number of H-pyrrole nitrogens is 1. The van der Waals surface area contributed by atoms with Crippen LogP contribution in [-0.4, -0.2) is 28.0 Å². The predicted octanol–water partition coefficient (Wildman–Crippen LogP) is 3.75. The molecule has 0 unspecified atom stereocenters. The molecule has 0 saturated carbocycles. The molecule has 23 heavy (non-hydrogen) atoms. The lowest BCUT2D eigenvalue weighted by Crippen LogP contribution is -2.20. The summed E-state index contributed by atoms with van der Waals surface area (Å²) in [4.78, 5) is 14.8. The van der Waals surface area contributed by atoms with Crippen LogP contribution in [0.3, 0.4) is 0 Å². The zero-order valence-corrected chi connectivity index (χ0v) is 12.9. The van der Waals surface area contributed by atoms with Crippen molar-refractivity contribution in [1.82, 2.24) is 15.0 Å². The predicted molar refractivity (Wildman–Crippen MR) is 89.8 cm³/mol. The minimum atomic E-state index is -0.251. The van der Waals surface area contributed by atoms with Crippen LogP contribution in [0.25, 0.3) is 11.0 Å². The van der Waals surface area contributed by atoms with Crippen LogP contribution >= 0.6 is 0 Å². The Morgan fingerprint density at radius 2 is 1.87 bits per heavy atom. The number of aromatic nitrogens is 3. The summed E-state index contributed by atoms with van der Waals surface area (Å²) < 4.78 is 13.1. The third-order valence-electron chi connectivity index (χ3n) is 4.11. The summed E-state index contributed by atoms with van der Waals surface area (Å²) in [5.74, 6) is 1.23. The summed E-state index contributed by atoms with van der Waals surface area (Å²) >= 11 is 0. The van der Waals surface area contributed by atoms with Crippen LogP contribution < -0.4 is 10.2 Å².